The van der Waals surface area contributed by atoms with Crippen LogP contribution in [-0.4, -0.2) is 27.2 Å². The van der Waals surface area contributed by atoms with Gasteiger partial charge in [0.15, 0.2) is 5.76 Å². The molecule has 0 saturated carbocycles. The molecule has 23 heavy (non-hydrogen) atoms. The molecule has 2 aromatic rings. The average molecular weight is 313 g/mol. The number of benzene rings is 2. The molecule has 0 bridgehead atoms. The lowest BCUT2D eigenvalue weighted by Crippen LogP contribution is -2.15. The van der Waals surface area contributed by atoms with Gasteiger partial charge in [-0.15, -0.1) is 0 Å². The van der Waals surface area contributed by atoms with Gasteiger partial charge in [-0.1, -0.05) is 12.1 Å². The number of anilines is 1. The normalized spacial score (nSPS) is 10.8. The van der Waals surface area contributed by atoms with E-state index in [1.165, 1.54) is 7.11 Å². The van der Waals surface area contributed by atoms with Gasteiger partial charge in [0.05, 0.1) is 21.3 Å². The summed E-state index contributed by atoms with van der Waals surface area (Å²) in [5.74, 6) is 1.37. The van der Waals surface area contributed by atoms with Crippen LogP contribution in [0.5, 0.6) is 11.5 Å². The molecule has 0 heterocycles. The van der Waals surface area contributed by atoms with Gasteiger partial charge in [-0.25, -0.2) is 0 Å². The molecule has 0 aliphatic carbocycles. The quantitative estimate of drug-likeness (QED) is 0.656. The predicted octanol–water partition coefficient (Wildman–Crippen LogP) is 3.33. The number of nitrogens with one attached hydrogen (secondary N) is 1. The number of carbonyl (C=O) groups is 1. The molecule has 2 aromatic carbocycles. The zero-order chi connectivity index (χ0) is 16.7. The zero-order valence-corrected chi connectivity index (χ0v) is 13.3. The van der Waals surface area contributed by atoms with Crippen molar-refractivity contribution >= 4 is 17.7 Å². The van der Waals surface area contributed by atoms with E-state index >= 15 is 0 Å². The molecule has 0 saturated heterocycles. The average Bonchev–Trinajstić information content (AvgIpc) is 2.60. The first-order chi connectivity index (χ1) is 11.2. The molecule has 5 heteroatoms. The Balaban J connectivity index is 2.11. The van der Waals surface area contributed by atoms with Gasteiger partial charge in [-0.3, -0.25) is 4.79 Å². The largest absolute Gasteiger partial charge is 0.497 e. The Morgan fingerprint density at radius 3 is 1.87 bits per heavy atom. The minimum atomic E-state index is -0.325. The van der Waals surface area contributed by atoms with Gasteiger partial charge in [0.1, 0.15) is 11.5 Å². The highest BCUT2D eigenvalue weighted by molar-refractivity contribution is 6.05. The second-order valence-corrected chi connectivity index (χ2v) is 4.67. The van der Waals surface area contributed by atoms with E-state index in [4.69, 9.17) is 14.2 Å². The fourth-order valence-electron chi connectivity index (χ4n) is 1.94. The summed E-state index contributed by atoms with van der Waals surface area (Å²) in [5, 5.41) is 2.77. The number of ether oxygens (including phenoxy) is 3. The van der Waals surface area contributed by atoms with Gasteiger partial charge in [0, 0.05) is 5.69 Å². The van der Waals surface area contributed by atoms with Crippen LogP contribution in [0.2, 0.25) is 0 Å². The summed E-state index contributed by atoms with van der Waals surface area (Å²) < 4.78 is 15.4. The van der Waals surface area contributed by atoms with Gasteiger partial charge in [0.25, 0.3) is 5.91 Å². The van der Waals surface area contributed by atoms with Crippen molar-refractivity contribution in [1.82, 2.24) is 0 Å². The van der Waals surface area contributed by atoms with Gasteiger partial charge in [0.2, 0.25) is 0 Å². The third-order valence-corrected chi connectivity index (χ3v) is 3.21. The smallest absolute Gasteiger partial charge is 0.290 e. The Kier molecular flexibility index (Phi) is 5.63. The molecule has 0 unspecified atom stereocenters. The third kappa shape index (κ3) is 4.51. The van der Waals surface area contributed by atoms with Crippen molar-refractivity contribution < 1.29 is 19.0 Å². The molecule has 1 N–H and O–H groups in total. The molecule has 0 aromatic heterocycles. The van der Waals surface area contributed by atoms with Crippen LogP contribution in [0, 0.1) is 0 Å². The van der Waals surface area contributed by atoms with Gasteiger partial charge in [-0.2, -0.15) is 0 Å². The molecule has 0 radical (unpaired) electrons. The molecule has 0 fully saturated rings. The van der Waals surface area contributed by atoms with Crippen molar-refractivity contribution in [3.8, 4) is 11.5 Å². The molecule has 2 rings (SSSR count). The summed E-state index contributed by atoms with van der Waals surface area (Å²) >= 11 is 0. The Labute approximate surface area is 135 Å². The van der Waals surface area contributed by atoms with E-state index in [9.17, 15) is 4.79 Å². The molecule has 0 aliphatic heterocycles. The van der Waals surface area contributed by atoms with Gasteiger partial charge < -0.3 is 19.5 Å². The second-order valence-electron chi connectivity index (χ2n) is 4.67. The topological polar surface area (TPSA) is 56.8 Å². The van der Waals surface area contributed by atoms with E-state index in [2.05, 4.69) is 5.32 Å². The van der Waals surface area contributed by atoms with Crippen LogP contribution in [0.1, 0.15) is 5.56 Å². The maximum atomic E-state index is 12.3. The highest BCUT2D eigenvalue weighted by atomic mass is 16.5. The summed E-state index contributed by atoms with van der Waals surface area (Å²) in [6, 6.07) is 14.4. The third-order valence-electron chi connectivity index (χ3n) is 3.21. The lowest BCUT2D eigenvalue weighted by molar-refractivity contribution is -0.115. The van der Waals surface area contributed by atoms with E-state index in [1.807, 2.05) is 24.3 Å². The van der Waals surface area contributed by atoms with Gasteiger partial charge >= 0.3 is 0 Å². The van der Waals surface area contributed by atoms with Crippen LogP contribution < -0.4 is 14.8 Å². The minimum absolute atomic E-state index is 0.214. The first kappa shape index (κ1) is 16.4. The number of rotatable bonds is 6. The fourth-order valence-corrected chi connectivity index (χ4v) is 1.94. The molecule has 0 atom stereocenters. The number of carbonyl (C=O) groups excluding carboxylic acids is 1. The predicted molar refractivity (Wildman–Crippen MR) is 89.6 cm³/mol. The summed E-state index contributed by atoms with van der Waals surface area (Å²) in [7, 11) is 4.66. The van der Waals surface area contributed by atoms with Crippen molar-refractivity contribution in [2.24, 2.45) is 0 Å². The monoisotopic (exact) mass is 313 g/mol. The highest BCUT2D eigenvalue weighted by Crippen LogP contribution is 2.17. The van der Waals surface area contributed by atoms with E-state index < -0.39 is 0 Å². The lowest BCUT2D eigenvalue weighted by Gasteiger charge is -2.09. The molecule has 120 valence electrons. The van der Waals surface area contributed by atoms with Crippen LogP contribution in [0.25, 0.3) is 6.08 Å². The SMILES string of the molecule is CO/C(=C\c1ccc(OC)cc1)C(=O)Nc1ccc(OC)cc1. The minimum Gasteiger partial charge on any atom is -0.497 e. The zero-order valence-electron chi connectivity index (χ0n) is 13.3. The van der Waals surface area contributed by atoms with Gasteiger partial charge in [-0.05, 0) is 48.0 Å². The fraction of sp³-hybridized carbons (Fsp3) is 0.167. The maximum Gasteiger partial charge on any atom is 0.290 e. The van der Waals surface area contributed by atoms with E-state index in [0.29, 0.717) is 5.69 Å². The van der Waals surface area contributed by atoms with Crippen molar-refractivity contribution in [2.45, 2.75) is 0 Å². The van der Waals surface area contributed by atoms with Crippen LogP contribution in [0.4, 0.5) is 5.69 Å². The second kappa shape index (κ2) is 7.89. The van der Waals surface area contributed by atoms with Crippen LogP contribution >= 0.6 is 0 Å². The van der Waals surface area contributed by atoms with Crippen LogP contribution in [0.3, 0.4) is 0 Å². The number of hydrogen-bond donors (Lipinski definition) is 1. The summed E-state index contributed by atoms with van der Waals surface area (Å²) in [6.45, 7) is 0. The van der Waals surface area contributed by atoms with E-state index in [1.54, 1.807) is 44.6 Å². The van der Waals surface area contributed by atoms with Crippen molar-refractivity contribution in [3.05, 3.63) is 59.9 Å². The summed E-state index contributed by atoms with van der Waals surface area (Å²) in [5.41, 5.74) is 1.50. The highest BCUT2D eigenvalue weighted by Gasteiger charge is 2.10. The van der Waals surface area contributed by atoms with E-state index in [0.717, 1.165) is 17.1 Å². The summed E-state index contributed by atoms with van der Waals surface area (Å²) in [4.78, 5) is 12.3. The number of hydrogen-bond acceptors (Lipinski definition) is 4. The Bertz CT molecular complexity index is 675. The first-order valence-electron chi connectivity index (χ1n) is 7.01. The Morgan fingerprint density at radius 2 is 1.39 bits per heavy atom. The van der Waals surface area contributed by atoms with Crippen molar-refractivity contribution in [2.75, 3.05) is 26.6 Å². The molecule has 0 spiro atoms. The lowest BCUT2D eigenvalue weighted by atomic mass is 10.2. The maximum absolute atomic E-state index is 12.3. The van der Waals surface area contributed by atoms with Crippen LogP contribution in [0.15, 0.2) is 54.3 Å². The van der Waals surface area contributed by atoms with Crippen LogP contribution in [-0.2, 0) is 9.53 Å². The number of amides is 1. The molecular weight excluding hydrogens is 294 g/mol. The Morgan fingerprint density at radius 1 is 0.870 bits per heavy atom. The first-order valence-corrected chi connectivity index (χ1v) is 7.01. The van der Waals surface area contributed by atoms with Crippen molar-refractivity contribution in [1.29, 1.82) is 0 Å². The van der Waals surface area contributed by atoms with E-state index in [-0.39, 0.29) is 11.7 Å². The van der Waals surface area contributed by atoms with Crippen molar-refractivity contribution in [3.63, 3.8) is 0 Å². The Hall–Kier alpha value is -2.95. The molecule has 0 aliphatic rings. The molecular formula is C18H19NO4. The standard InChI is InChI=1S/C18H19NO4/c1-21-15-8-4-13(5-9-15)12-17(23-3)18(20)19-14-6-10-16(22-2)11-7-14/h4-12H,1-3H3,(H,19,20)/b17-12-. The summed E-state index contributed by atoms with van der Waals surface area (Å²) in [6.07, 6.45) is 1.66. The molecule has 1 amide bonds. The number of methoxy groups -OCH3 is 3. The molecule has 5 nitrogen and oxygen atoms in total.